The van der Waals surface area contributed by atoms with Crippen LogP contribution < -0.4 is 10.2 Å². The zero-order valence-electron chi connectivity index (χ0n) is 10.9. The summed E-state index contributed by atoms with van der Waals surface area (Å²) in [5.41, 5.74) is 2.55. The van der Waals surface area contributed by atoms with Gasteiger partial charge in [0.1, 0.15) is 5.69 Å². The van der Waals surface area contributed by atoms with Gasteiger partial charge in [0.05, 0.1) is 5.69 Å². The van der Waals surface area contributed by atoms with Crippen molar-refractivity contribution in [2.75, 3.05) is 23.3 Å². The first kappa shape index (κ1) is 10.9. The maximum absolute atomic E-state index is 4.70. The summed E-state index contributed by atoms with van der Waals surface area (Å²) in [5, 5.41) is 8.30. The number of aryl methyl sites for hydroxylation is 2. The molecule has 1 aromatic rings. The van der Waals surface area contributed by atoms with Crippen LogP contribution in [0.1, 0.15) is 38.3 Å². The number of rotatable bonds is 2. The van der Waals surface area contributed by atoms with Crippen molar-refractivity contribution in [1.82, 2.24) is 9.78 Å². The van der Waals surface area contributed by atoms with E-state index in [0.717, 1.165) is 25.4 Å². The van der Waals surface area contributed by atoms with Crippen LogP contribution in [0.3, 0.4) is 0 Å². The smallest absolute Gasteiger partial charge is 0.150 e. The molecule has 0 bridgehead atoms. The minimum Gasteiger partial charge on any atom is -0.380 e. The summed E-state index contributed by atoms with van der Waals surface area (Å²) in [6.45, 7) is 4.51. The molecule has 4 heteroatoms. The Morgan fingerprint density at radius 3 is 3.12 bits per heavy atom. The molecular formula is C13H22N4. The Kier molecular flexibility index (Phi) is 2.73. The lowest BCUT2D eigenvalue weighted by Crippen LogP contribution is -2.30. The van der Waals surface area contributed by atoms with Gasteiger partial charge < -0.3 is 10.2 Å². The molecule has 1 N–H and O–H groups in total. The Bertz CT molecular complexity index is 410. The molecule has 0 aliphatic carbocycles. The highest BCUT2D eigenvalue weighted by Crippen LogP contribution is 2.37. The zero-order chi connectivity index (χ0) is 11.8. The second kappa shape index (κ2) is 4.24. The highest BCUT2D eigenvalue weighted by atomic mass is 15.4. The number of hydrogen-bond acceptors (Lipinski definition) is 3. The van der Waals surface area contributed by atoms with Gasteiger partial charge in [-0.05, 0) is 25.7 Å². The van der Waals surface area contributed by atoms with E-state index in [4.69, 9.17) is 5.10 Å². The van der Waals surface area contributed by atoms with E-state index in [-0.39, 0.29) is 0 Å². The van der Waals surface area contributed by atoms with Gasteiger partial charge in [0.2, 0.25) is 0 Å². The molecule has 1 saturated heterocycles. The third-order valence-electron chi connectivity index (χ3n) is 4.00. The van der Waals surface area contributed by atoms with E-state index in [1.54, 1.807) is 0 Å². The first-order valence-electron chi connectivity index (χ1n) is 6.87. The fourth-order valence-corrected chi connectivity index (χ4v) is 3.27. The number of hydrogen-bond donors (Lipinski definition) is 1. The van der Waals surface area contributed by atoms with Crippen LogP contribution in [0.4, 0.5) is 11.5 Å². The van der Waals surface area contributed by atoms with Crippen molar-refractivity contribution in [3.63, 3.8) is 0 Å². The van der Waals surface area contributed by atoms with E-state index in [1.165, 1.54) is 43.0 Å². The van der Waals surface area contributed by atoms with Crippen LogP contribution in [0.2, 0.25) is 0 Å². The van der Waals surface area contributed by atoms with Gasteiger partial charge in [-0.15, -0.1) is 0 Å². The van der Waals surface area contributed by atoms with Gasteiger partial charge >= 0.3 is 0 Å². The van der Waals surface area contributed by atoms with Crippen molar-refractivity contribution < 1.29 is 0 Å². The van der Waals surface area contributed by atoms with Gasteiger partial charge in [0.25, 0.3) is 0 Å². The molecule has 17 heavy (non-hydrogen) atoms. The Labute approximate surface area is 103 Å². The maximum atomic E-state index is 4.70. The third-order valence-corrected chi connectivity index (χ3v) is 4.00. The number of aromatic nitrogens is 2. The predicted octanol–water partition coefficient (Wildman–Crippen LogP) is 2.16. The monoisotopic (exact) mass is 234 g/mol. The Balaban J connectivity index is 2.03. The summed E-state index contributed by atoms with van der Waals surface area (Å²) in [6.07, 6.45) is 6.18. The van der Waals surface area contributed by atoms with Crippen LogP contribution in [0.25, 0.3) is 0 Å². The molecular weight excluding hydrogens is 212 g/mol. The molecule has 1 unspecified atom stereocenters. The number of fused-ring (bicyclic) bond motifs is 3. The van der Waals surface area contributed by atoms with Gasteiger partial charge in [0, 0.05) is 26.2 Å². The summed E-state index contributed by atoms with van der Waals surface area (Å²) in [6, 6.07) is 0.730. The van der Waals surface area contributed by atoms with E-state index in [0.29, 0.717) is 0 Å². The Hall–Kier alpha value is -1.19. The van der Waals surface area contributed by atoms with Crippen molar-refractivity contribution in [2.24, 2.45) is 7.05 Å². The summed E-state index contributed by atoms with van der Waals surface area (Å²) in [5.74, 6) is 1.33. The first-order chi connectivity index (χ1) is 8.31. The molecule has 1 aromatic heterocycles. The number of anilines is 2. The summed E-state index contributed by atoms with van der Waals surface area (Å²) in [4.78, 5) is 2.57. The second-order valence-electron chi connectivity index (χ2n) is 5.22. The quantitative estimate of drug-likeness (QED) is 0.851. The SMILES string of the molecule is CCCc1nn(C)c2c1NCCC1CCCN21. The molecule has 1 atom stereocenters. The molecule has 2 aliphatic rings. The fourth-order valence-electron chi connectivity index (χ4n) is 3.27. The van der Waals surface area contributed by atoms with Crippen LogP contribution in [-0.2, 0) is 13.5 Å². The molecule has 1 fully saturated rings. The summed E-state index contributed by atoms with van der Waals surface area (Å²) in [7, 11) is 2.08. The molecule has 4 nitrogen and oxygen atoms in total. The minimum atomic E-state index is 0.730. The van der Waals surface area contributed by atoms with E-state index in [2.05, 4.69) is 28.9 Å². The molecule has 3 rings (SSSR count). The van der Waals surface area contributed by atoms with Gasteiger partial charge in [-0.3, -0.25) is 4.68 Å². The van der Waals surface area contributed by atoms with E-state index in [9.17, 15) is 0 Å². The maximum Gasteiger partial charge on any atom is 0.150 e. The molecule has 0 spiro atoms. The van der Waals surface area contributed by atoms with E-state index < -0.39 is 0 Å². The lowest BCUT2D eigenvalue weighted by atomic mass is 10.1. The summed E-state index contributed by atoms with van der Waals surface area (Å²) < 4.78 is 2.08. The van der Waals surface area contributed by atoms with Crippen molar-refractivity contribution in [1.29, 1.82) is 0 Å². The molecule has 0 radical (unpaired) electrons. The normalized spacial score (nSPS) is 22.9. The van der Waals surface area contributed by atoms with Gasteiger partial charge in [-0.1, -0.05) is 13.3 Å². The third kappa shape index (κ3) is 1.70. The molecule has 0 aromatic carbocycles. The summed E-state index contributed by atoms with van der Waals surface area (Å²) >= 11 is 0. The van der Waals surface area contributed by atoms with Crippen molar-refractivity contribution in [3.8, 4) is 0 Å². The lowest BCUT2D eigenvalue weighted by molar-refractivity contribution is 0.614. The van der Waals surface area contributed by atoms with Crippen LogP contribution in [0, 0.1) is 0 Å². The average Bonchev–Trinajstić information content (AvgIpc) is 2.81. The highest BCUT2D eigenvalue weighted by Gasteiger charge is 2.32. The Morgan fingerprint density at radius 2 is 2.29 bits per heavy atom. The van der Waals surface area contributed by atoms with Gasteiger partial charge in [0.15, 0.2) is 5.82 Å². The number of nitrogens with one attached hydrogen (secondary N) is 1. The predicted molar refractivity (Wildman–Crippen MR) is 70.7 cm³/mol. The van der Waals surface area contributed by atoms with E-state index in [1.807, 2.05) is 0 Å². The highest BCUT2D eigenvalue weighted by molar-refractivity contribution is 5.71. The van der Waals surface area contributed by atoms with E-state index >= 15 is 0 Å². The minimum absolute atomic E-state index is 0.730. The van der Waals surface area contributed by atoms with Crippen LogP contribution in [-0.4, -0.2) is 28.9 Å². The molecule has 94 valence electrons. The Morgan fingerprint density at radius 1 is 1.41 bits per heavy atom. The topological polar surface area (TPSA) is 33.1 Å². The molecule has 0 amide bonds. The largest absolute Gasteiger partial charge is 0.380 e. The molecule has 3 heterocycles. The zero-order valence-corrected chi connectivity index (χ0v) is 10.9. The molecule has 2 aliphatic heterocycles. The standard InChI is InChI=1S/C13H22N4/c1-3-5-11-12-13(16(2)15-11)17-9-4-6-10(17)7-8-14-12/h10,14H,3-9H2,1-2H3. The number of nitrogens with zero attached hydrogens (tertiary/aromatic N) is 3. The van der Waals surface area contributed by atoms with Crippen LogP contribution in [0.15, 0.2) is 0 Å². The van der Waals surface area contributed by atoms with Crippen molar-refractivity contribution in [3.05, 3.63) is 5.69 Å². The van der Waals surface area contributed by atoms with Crippen LogP contribution >= 0.6 is 0 Å². The van der Waals surface area contributed by atoms with Crippen molar-refractivity contribution >= 4 is 11.5 Å². The first-order valence-corrected chi connectivity index (χ1v) is 6.87. The van der Waals surface area contributed by atoms with Gasteiger partial charge in [-0.2, -0.15) is 5.10 Å². The molecule has 0 saturated carbocycles. The second-order valence-corrected chi connectivity index (χ2v) is 5.22. The lowest BCUT2D eigenvalue weighted by Gasteiger charge is -2.24. The fraction of sp³-hybridized carbons (Fsp3) is 0.769. The average molecular weight is 234 g/mol. The van der Waals surface area contributed by atoms with Crippen LogP contribution in [0.5, 0.6) is 0 Å². The van der Waals surface area contributed by atoms with Gasteiger partial charge in [-0.25, -0.2) is 0 Å². The van der Waals surface area contributed by atoms with Crippen molar-refractivity contribution in [2.45, 2.75) is 45.1 Å².